The SMILES string of the molecule is NC(=O)c1ccccc1S(=O)(=O)c1ccc(N[C@H](CCN2CCOCC2)CSc2ccccc2)c(S(=O)(=O)C(F)(F)F)c1. The molecule has 43 heavy (non-hydrogen) atoms. The number of halogens is 3. The molecule has 0 spiro atoms. The highest BCUT2D eigenvalue weighted by atomic mass is 32.2. The summed E-state index contributed by atoms with van der Waals surface area (Å²) >= 11 is 1.45. The Morgan fingerprint density at radius 1 is 0.953 bits per heavy atom. The minimum atomic E-state index is -6.00. The number of hydrogen-bond donors (Lipinski definition) is 2. The summed E-state index contributed by atoms with van der Waals surface area (Å²) in [6.07, 6.45) is 0.456. The van der Waals surface area contributed by atoms with Gasteiger partial charge in [0.25, 0.3) is 9.84 Å². The van der Waals surface area contributed by atoms with Crippen molar-refractivity contribution in [2.24, 2.45) is 5.73 Å². The third kappa shape index (κ3) is 7.89. The molecule has 1 aliphatic heterocycles. The van der Waals surface area contributed by atoms with Gasteiger partial charge in [-0.3, -0.25) is 9.69 Å². The zero-order valence-electron chi connectivity index (χ0n) is 22.8. The summed E-state index contributed by atoms with van der Waals surface area (Å²) in [4.78, 5) is 12.4. The van der Waals surface area contributed by atoms with E-state index in [9.17, 15) is 34.8 Å². The van der Waals surface area contributed by atoms with E-state index in [0.29, 0.717) is 51.1 Å². The summed E-state index contributed by atoms with van der Waals surface area (Å²) in [5.41, 5.74) is -1.17. The number of thioether (sulfide) groups is 1. The van der Waals surface area contributed by atoms with Crippen LogP contribution in [0, 0.1) is 0 Å². The summed E-state index contributed by atoms with van der Waals surface area (Å²) in [5.74, 6) is -0.689. The molecule has 0 radical (unpaired) electrons. The van der Waals surface area contributed by atoms with Crippen molar-refractivity contribution in [1.82, 2.24) is 4.90 Å². The van der Waals surface area contributed by atoms with Crippen molar-refractivity contribution in [1.29, 1.82) is 0 Å². The molecule has 0 saturated carbocycles. The number of anilines is 1. The van der Waals surface area contributed by atoms with Gasteiger partial charge in [0.1, 0.15) is 4.90 Å². The van der Waals surface area contributed by atoms with Gasteiger partial charge in [0.2, 0.25) is 15.7 Å². The van der Waals surface area contributed by atoms with Crippen LogP contribution < -0.4 is 11.1 Å². The molecule has 9 nitrogen and oxygen atoms in total. The Balaban J connectivity index is 1.73. The van der Waals surface area contributed by atoms with E-state index >= 15 is 0 Å². The molecule has 0 aliphatic carbocycles. The first-order valence-electron chi connectivity index (χ1n) is 13.1. The zero-order valence-corrected chi connectivity index (χ0v) is 25.2. The first-order chi connectivity index (χ1) is 20.3. The van der Waals surface area contributed by atoms with Gasteiger partial charge in [0.05, 0.1) is 34.3 Å². The highest BCUT2D eigenvalue weighted by Gasteiger charge is 2.48. The van der Waals surface area contributed by atoms with E-state index in [-0.39, 0.29) is 11.3 Å². The molecule has 232 valence electrons. The second kappa shape index (κ2) is 13.7. The maximum atomic E-state index is 13.9. The van der Waals surface area contributed by atoms with Crippen molar-refractivity contribution in [3.05, 3.63) is 78.4 Å². The van der Waals surface area contributed by atoms with Gasteiger partial charge in [0.15, 0.2) is 0 Å². The number of carbonyl (C=O) groups excluding carboxylic acids is 1. The third-order valence-electron chi connectivity index (χ3n) is 6.75. The van der Waals surface area contributed by atoms with E-state index < -0.39 is 51.8 Å². The number of hydrogen-bond acceptors (Lipinski definition) is 9. The second-order valence-corrected chi connectivity index (χ2v) is 14.6. The molecule has 1 aliphatic rings. The summed E-state index contributed by atoms with van der Waals surface area (Å²) in [5, 5.41) is 2.96. The number of rotatable bonds is 12. The van der Waals surface area contributed by atoms with Crippen LogP contribution >= 0.6 is 11.8 Å². The van der Waals surface area contributed by atoms with Gasteiger partial charge in [-0.2, -0.15) is 13.2 Å². The normalized spacial score (nSPS) is 15.6. The van der Waals surface area contributed by atoms with E-state index in [1.807, 2.05) is 30.3 Å². The second-order valence-electron chi connectivity index (χ2n) is 9.68. The molecule has 1 amide bonds. The van der Waals surface area contributed by atoms with Crippen LogP contribution in [0.2, 0.25) is 0 Å². The summed E-state index contributed by atoms with van der Waals surface area (Å²) in [6, 6.07) is 16.2. The molecule has 1 heterocycles. The van der Waals surface area contributed by atoms with Gasteiger partial charge in [0, 0.05) is 36.3 Å². The van der Waals surface area contributed by atoms with Gasteiger partial charge >= 0.3 is 5.51 Å². The number of alkyl halides is 3. The number of morpholine rings is 1. The Kier molecular flexibility index (Phi) is 10.4. The predicted octanol–water partition coefficient (Wildman–Crippen LogP) is 4.21. The van der Waals surface area contributed by atoms with Crippen molar-refractivity contribution in [2.45, 2.75) is 37.6 Å². The van der Waals surface area contributed by atoms with Crippen LogP contribution in [-0.2, 0) is 24.4 Å². The summed E-state index contributed by atoms with van der Waals surface area (Å²) < 4.78 is 99.4. The van der Waals surface area contributed by atoms with Gasteiger partial charge in [-0.1, -0.05) is 30.3 Å². The lowest BCUT2D eigenvalue weighted by Crippen LogP contribution is -2.39. The maximum Gasteiger partial charge on any atom is 0.501 e. The smallest absolute Gasteiger partial charge is 0.380 e. The largest absolute Gasteiger partial charge is 0.501 e. The van der Waals surface area contributed by atoms with Crippen LogP contribution in [0.1, 0.15) is 16.8 Å². The number of benzene rings is 3. The average molecular weight is 658 g/mol. The molecule has 1 fully saturated rings. The van der Waals surface area contributed by atoms with Gasteiger partial charge in [-0.25, -0.2) is 16.8 Å². The lowest BCUT2D eigenvalue weighted by atomic mass is 10.2. The van der Waals surface area contributed by atoms with Crippen molar-refractivity contribution < 1.29 is 39.5 Å². The number of nitrogens with zero attached hydrogens (tertiary/aromatic N) is 1. The molecule has 3 N–H and O–H groups in total. The van der Waals surface area contributed by atoms with Crippen LogP contribution in [0.15, 0.2) is 92.4 Å². The molecule has 0 aromatic heterocycles. The molecular weight excluding hydrogens is 628 g/mol. The highest BCUT2D eigenvalue weighted by Crippen LogP contribution is 2.38. The van der Waals surface area contributed by atoms with E-state index in [2.05, 4.69) is 10.2 Å². The first kappa shape index (κ1) is 32.8. The molecule has 1 atom stereocenters. The van der Waals surface area contributed by atoms with Gasteiger partial charge < -0.3 is 15.8 Å². The molecule has 4 rings (SSSR count). The number of amides is 1. The quantitative estimate of drug-likeness (QED) is 0.275. The van der Waals surface area contributed by atoms with Gasteiger partial charge in [-0.15, -0.1) is 11.8 Å². The van der Waals surface area contributed by atoms with Crippen LogP contribution in [0.4, 0.5) is 18.9 Å². The Labute approximate surface area is 252 Å². The van der Waals surface area contributed by atoms with Crippen molar-refractivity contribution >= 4 is 43.0 Å². The minimum Gasteiger partial charge on any atom is -0.380 e. The average Bonchev–Trinajstić information content (AvgIpc) is 2.99. The van der Waals surface area contributed by atoms with E-state index in [0.717, 1.165) is 29.2 Å². The number of sulfone groups is 2. The van der Waals surface area contributed by atoms with Crippen molar-refractivity contribution in [3.8, 4) is 0 Å². The van der Waals surface area contributed by atoms with Crippen molar-refractivity contribution in [2.75, 3.05) is 43.9 Å². The Hall–Kier alpha value is -3.11. The lowest BCUT2D eigenvalue weighted by molar-refractivity contribution is -0.0435. The molecule has 15 heteroatoms. The first-order valence-corrected chi connectivity index (χ1v) is 17.1. The van der Waals surface area contributed by atoms with Gasteiger partial charge in [-0.05, 0) is 48.9 Å². The number of ether oxygens (including phenoxy) is 1. The molecule has 1 saturated heterocycles. The molecule has 3 aromatic carbocycles. The molecule has 0 bridgehead atoms. The third-order valence-corrected chi connectivity index (χ3v) is 11.3. The molecule has 0 unspecified atom stereocenters. The maximum absolute atomic E-state index is 13.9. The van der Waals surface area contributed by atoms with Crippen molar-refractivity contribution in [3.63, 3.8) is 0 Å². The van der Waals surface area contributed by atoms with E-state index in [1.165, 1.54) is 23.9 Å². The number of nitrogens with two attached hydrogens (primary N) is 1. The van der Waals surface area contributed by atoms with Crippen LogP contribution in [0.5, 0.6) is 0 Å². The fourth-order valence-corrected chi connectivity index (χ4v) is 7.97. The highest BCUT2D eigenvalue weighted by molar-refractivity contribution is 7.99. The Bertz CT molecular complexity index is 1650. The van der Waals surface area contributed by atoms with E-state index in [4.69, 9.17) is 10.5 Å². The van der Waals surface area contributed by atoms with E-state index in [1.54, 1.807) is 0 Å². The fourth-order valence-electron chi connectivity index (χ4n) is 4.46. The molecule has 3 aromatic rings. The topological polar surface area (TPSA) is 136 Å². The van der Waals surface area contributed by atoms with Crippen LogP contribution in [0.25, 0.3) is 0 Å². The number of carbonyl (C=O) groups is 1. The molecular formula is C28H30F3N3O6S3. The number of nitrogens with one attached hydrogen (secondary N) is 1. The standard InChI is InChI=1S/C28H30F3N3O6S3/c29-28(30,31)43(38,39)26-18-22(42(36,37)25-9-5-4-8-23(25)27(32)35)10-11-24(26)33-20(12-13-34-14-16-40-17-15-34)19-41-21-6-2-1-3-7-21/h1-11,18,20,33H,12-17,19H2,(H2,32,35)/t20-/m1/s1. The summed E-state index contributed by atoms with van der Waals surface area (Å²) in [6.45, 7) is 3.06. The Morgan fingerprint density at radius 3 is 2.26 bits per heavy atom. The lowest BCUT2D eigenvalue weighted by Gasteiger charge is -2.29. The zero-order chi connectivity index (χ0) is 31.3. The number of primary amides is 1. The minimum absolute atomic E-state index is 0.381. The monoisotopic (exact) mass is 657 g/mol. The fraction of sp³-hybridized carbons (Fsp3) is 0.321. The Morgan fingerprint density at radius 2 is 1.60 bits per heavy atom. The predicted molar refractivity (Wildman–Crippen MR) is 157 cm³/mol. The van der Waals surface area contributed by atoms with Crippen LogP contribution in [-0.4, -0.2) is 77.8 Å². The van der Waals surface area contributed by atoms with Crippen LogP contribution in [0.3, 0.4) is 0 Å². The summed E-state index contributed by atoms with van der Waals surface area (Å²) in [7, 11) is -10.6.